The Kier molecular flexibility index (Phi) is 5.33. The molecular formula is C27H37N3O3. The van der Waals surface area contributed by atoms with E-state index in [1.54, 1.807) is 19.4 Å². The van der Waals surface area contributed by atoms with Crippen LogP contribution in [0.15, 0.2) is 29.6 Å². The number of amides is 2. The van der Waals surface area contributed by atoms with E-state index in [4.69, 9.17) is 4.74 Å². The van der Waals surface area contributed by atoms with Crippen LogP contribution in [0.25, 0.3) is 0 Å². The van der Waals surface area contributed by atoms with Crippen LogP contribution in [0.3, 0.4) is 0 Å². The van der Waals surface area contributed by atoms with E-state index < -0.39 is 0 Å². The number of rotatable bonds is 3. The SMILES string of the molecule is COc1cc(NC(=O)C2CC[C@H]3[C@@H]4CC(C)=C5N(C)C(=O)CC[C@]5(C)[C@@H]4CC[C@]23C)ccn1. The van der Waals surface area contributed by atoms with Crippen molar-refractivity contribution in [2.75, 3.05) is 19.5 Å². The second kappa shape index (κ2) is 7.85. The number of nitrogens with zero attached hydrogens (tertiary/aromatic N) is 2. The summed E-state index contributed by atoms with van der Waals surface area (Å²) < 4.78 is 5.21. The molecule has 3 aliphatic carbocycles. The van der Waals surface area contributed by atoms with Crippen molar-refractivity contribution in [2.24, 2.45) is 34.5 Å². The minimum absolute atomic E-state index is 0.0207. The Morgan fingerprint density at radius 2 is 2.00 bits per heavy atom. The van der Waals surface area contributed by atoms with Crippen molar-refractivity contribution < 1.29 is 14.3 Å². The van der Waals surface area contributed by atoms with Gasteiger partial charge in [0.2, 0.25) is 17.7 Å². The van der Waals surface area contributed by atoms with Crippen LogP contribution in [0.5, 0.6) is 5.88 Å². The molecule has 1 aromatic heterocycles. The van der Waals surface area contributed by atoms with Crippen LogP contribution in [-0.2, 0) is 9.59 Å². The van der Waals surface area contributed by atoms with E-state index in [1.807, 2.05) is 18.0 Å². The van der Waals surface area contributed by atoms with Crippen molar-refractivity contribution in [2.45, 2.75) is 65.7 Å². The van der Waals surface area contributed by atoms with Crippen LogP contribution in [0.1, 0.15) is 65.7 Å². The molecule has 178 valence electrons. The Bertz CT molecular complexity index is 1020. The number of fused-ring (bicyclic) bond motifs is 5. The lowest BCUT2D eigenvalue weighted by Crippen LogP contribution is -2.54. The lowest BCUT2D eigenvalue weighted by atomic mass is 9.48. The lowest BCUT2D eigenvalue weighted by molar-refractivity contribution is -0.137. The zero-order valence-corrected chi connectivity index (χ0v) is 20.6. The highest BCUT2D eigenvalue weighted by Gasteiger charge is 2.61. The number of anilines is 1. The summed E-state index contributed by atoms with van der Waals surface area (Å²) >= 11 is 0. The molecule has 3 fully saturated rings. The van der Waals surface area contributed by atoms with Gasteiger partial charge >= 0.3 is 0 Å². The minimum Gasteiger partial charge on any atom is -0.481 e. The minimum atomic E-state index is 0.0207. The van der Waals surface area contributed by atoms with Crippen molar-refractivity contribution in [1.82, 2.24) is 9.88 Å². The number of carbonyl (C=O) groups excluding carboxylic acids is 2. The smallest absolute Gasteiger partial charge is 0.228 e. The largest absolute Gasteiger partial charge is 0.481 e. The molecule has 6 heteroatoms. The number of nitrogens with one attached hydrogen (secondary N) is 1. The van der Waals surface area contributed by atoms with Gasteiger partial charge in [0.15, 0.2) is 0 Å². The molecule has 1 unspecified atom stereocenters. The van der Waals surface area contributed by atoms with E-state index in [0.717, 1.165) is 44.2 Å². The van der Waals surface area contributed by atoms with E-state index in [1.165, 1.54) is 11.3 Å². The molecule has 0 spiro atoms. The Labute approximate surface area is 197 Å². The van der Waals surface area contributed by atoms with Gasteiger partial charge in [0.05, 0.1) is 7.11 Å². The Morgan fingerprint density at radius 1 is 1.21 bits per heavy atom. The summed E-state index contributed by atoms with van der Waals surface area (Å²) in [7, 11) is 3.55. The van der Waals surface area contributed by atoms with Gasteiger partial charge in [-0.05, 0) is 74.7 Å². The number of likely N-dealkylation sites (tertiary alicyclic amines) is 1. The topological polar surface area (TPSA) is 71.5 Å². The van der Waals surface area contributed by atoms with Gasteiger partial charge in [0, 0.05) is 48.4 Å². The highest BCUT2D eigenvalue weighted by atomic mass is 16.5. The van der Waals surface area contributed by atoms with Crippen LogP contribution in [0, 0.1) is 34.5 Å². The normalized spacial score (nSPS) is 37.8. The number of allylic oxidation sites excluding steroid dienone is 2. The molecule has 2 heterocycles. The van der Waals surface area contributed by atoms with Crippen LogP contribution in [0.4, 0.5) is 5.69 Å². The van der Waals surface area contributed by atoms with Gasteiger partial charge in [-0.1, -0.05) is 19.4 Å². The number of aromatic nitrogens is 1. The van der Waals surface area contributed by atoms with Crippen molar-refractivity contribution in [3.8, 4) is 5.88 Å². The van der Waals surface area contributed by atoms with Crippen LogP contribution >= 0.6 is 0 Å². The van der Waals surface area contributed by atoms with Gasteiger partial charge in [-0.3, -0.25) is 9.59 Å². The maximum atomic E-state index is 13.4. The predicted molar refractivity (Wildman–Crippen MR) is 127 cm³/mol. The zero-order valence-electron chi connectivity index (χ0n) is 20.6. The number of hydrogen-bond donors (Lipinski definition) is 1. The first-order chi connectivity index (χ1) is 15.7. The monoisotopic (exact) mass is 451 g/mol. The fraction of sp³-hybridized carbons (Fsp3) is 0.667. The van der Waals surface area contributed by atoms with Gasteiger partial charge in [-0.15, -0.1) is 0 Å². The van der Waals surface area contributed by atoms with Gasteiger partial charge in [0.1, 0.15) is 0 Å². The molecule has 1 saturated heterocycles. The summed E-state index contributed by atoms with van der Waals surface area (Å²) in [5.41, 5.74) is 3.52. The average Bonchev–Trinajstić information content (AvgIpc) is 3.14. The summed E-state index contributed by atoms with van der Waals surface area (Å²) in [6.45, 7) is 7.01. The third-order valence-electron chi connectivity index (χ3n) is 9.84. The van der Waals surface area contributed by atoms with Gasteiger partial charge in [0.25, 0.3) is 0 Å². The van der Waals surface area contributed by atoms with Crippen molar-refractivity contribution >= 4 is 17.5 Å². The van der Waals surface area contributed by atoms with Gasteiger partial charge in [-0.2, -0.15) is 0 Å². The molecule has 1 N–H and O–H groups in total. The molecule has 0 aromatic carbocycles. The molecule has 0 bridgehead atoms. The number of ether oxygens (including phenoxy) is 1. The van der Waals surface area contributed by atoms with E-state index in [9.17, 15) is 9.59 Å². The van der Waals surface area contributed by atoms with E-state index in [2.05, 4.69) is 31.1 Å². The molecule has 1 aliphatic heterocycles. The van der Waals surface area contributed by atoms with Crippen LogP contribution in [0.2, 0.25) is 0 Å². The Morgan fingerprint density at radius 3 is 2.76 bits per heavy atom. The zero-order chi connectivity index (χ0) is 23.5. The first kappa shape index (κ1) is 22.4. The number of hydrogen-bond acceptors (Lipinski definition) is 4. The number of carbonyl (C=O) groups is 2. The average molecular weight is 452 g/mol. The first-order valence-electron chi connectivity index (χ1n) is 12.5. The number of pyridine rings is 1. The molecule has 2 amide bonds. The molecular weight excluding hydrogens is 414 g/mol. The van der Waals surface area contributed by atoms with Gasteiger partial charge < -0.3 is 15.0 Å². The second-order valence-electron chi connectivity index (χ2n) is 11.3. The van der Waals surface area contributed by atoms with Crippen molar-refractivity contribution in [3.05, 3.63) is 29.6 Å². The fourth-order valence-corrected chi connectivity index (χ4v) is 8.37. The lowest BCUT2D eigenvalue weighted by Gasteiger charge is -2.59. The maximum Gasteiger partial charge on any atom is 0.228 e. The molecule has 5 rings (SSSR count). The third-order valence-corrected chi connectivity index (χ3v) is 9.84. The number of piperidine rings is 1. The molecule has 1 aromatic rings. The standard InChI is InChI=1S/C27H37N3O3/c1-16-14-18-19-6-7-21(25(32)29-17-10-13-28-22(15-17)33-5)26(19,2)11-8-20(18)27(3)12-9-23(31)30(4)24(16)27/h10,13,15,18-21H,6-9,11-12,14H2,1-5H3,(H,28,29,32)/t18-,19-,20+,21?,26-,27+/m0/s1. The van der Waals surface area contributed by atoms with Crippen molar-refractivity contribution in [1.29, 1.82) is 0 Å². The number of methoxy groups -OCH3 is 1. The first-order valence-corrected chi connectivity index (χ1v) is 12.5. The summed E-state index contributed by atoms with van der Waals surface area (Å²) in [5.74, 6) is 2.66. The molecule has 6 atom stereocenters. The fourth-order valence-electron chi connectivity index (χ4n) is 8.37. The van der Waals surface area contributed by atoms with Gasteiger partial charge in [-0.25, -0.2) is 4.98 Å². The summed E-state index contributed by atoms with van der Waals surface area (Å²) in [6, 6.07) is 3.60. The quantitative estimate of drug-likeness (QED) is 0.700. The molecule has 0 radical (unpaired) electrons. The Balaban J connectivity index is 1.40. The summed E-state index contributed by atoms with van der Waals surface area (Å²) in [6.07, 6.45) is 8.61. The van der Waals surface area contributed by atoms with E-state index >= 15 is 0 Å². The molecule has 4 aliphatic rings. The predicted octanol–water partition coefficient (Wildman–Crippen LogP) is 5.02. The molecule has 33 heavy (non-hydrogen) atoms. The van der Waals surface area contributed by atoms with E-state index in [0.29, 0.717) is 30.1 Å². The highest BCUT2D eigenvalue weighted by molar-refractivity contribution is 5.93. The second-order valence-corrected chi connectivity index (χ2v) is 11.3. The van der Waals surface area contributed by atoms with Crippen molar-refractivity contribution in [3.63, 3.8) is 0 Å². The van der Waals surface area contributed by atoms with Crippen LogP contribution in [-0.4, -0.2) is 35.9 Å². The Hall–Kier alpha value is -2.37. The van der Waals surface area contributed by atoms with Crippen LogP contribution < -0.4 is 10.1 Å². The molecule has 6 nitrogen and oxygen atoms in total. The summed E-state index contributed by atoms with van der Waals surface area (Å²) in [5, 5.41) is 3.15. The highest BCUT2D eigenvalue weighted by Crippen LogP contribution is 2.66. The molecule has 2 saturated carbocycles. The van der Waals surface area contributed by atoms with E-state index in [-0.39, 0.29) is 28.6 Å². The summed E-state index contributed by atoms with van der Waals surface area (Å²) in [4.78, 5) is 32.0. The maximum absolute atomic E-state index is 13.4. The third kappa shape index (κ3) is 3.31.